The second kappa shape index (κ2) is 7.92. The van der Waals surface area contributed by atoms with E-state index in [0.717, 1.165) is 4.90 Å². The molecule has 2 aliphatic heterocycles. The average molecular weight is 433 g/mol. The number of ether oxygens (including phenoxy) is 2. The van der Waals surface area contributed by atoms with Crippen molar-refractivity contribution in [2.75, 3.05) is 16.8 Å². The van der Waals surface area contributed by atoms with Gasteiger partial charge >= 0.3 is 0 Å². The number of alkyl halides is 2. The van der Waals surface area contributed by atoms with Gasteiger partial charge in [0.25, 0.3) is 12.3 Å². The third-order valence-corrected chi connectivity index (χ3v) is 5.14. The molecule has 0 aliphatic carbocycles. The lowest BCUT2D eigenvalue weighted by molar-refractivity contribution is -0.118. The average Bonchev–Trinajstić information content (AvgIpc) is 3.29. The minimum Gasteiger partial charge on any atom is -0.488 e. The van der Waals surface area contributed by atoms with Crippen molar-refractivity contribution < 1.29 is 27.8 Å². The normalized spacial score (nSPS) is 20.8. The van der Waals surface area contributed by atoms with Crippen molar-refractivity contribution in [2.24, 2.45) is 5.73 Å². The molecule has 164 valence electrons. The molecule has 0 radical (unpaired) electrons. The molecule has 31 heavy (non-hydrogen) atoms. The van der Waals surface area contributed by atoms with Gasteiger partial charge in [-0.05, 0) is 26.0 Å². The molecule has 1 amide bonds. The van der Waals surface area contributed by atoms with E-state index in [9.17, 15) is 18.4 Å². The number of nitrogens with zero attached hydrogens (tertiary/aromatic N) is 3. The second-order valence-corrected chi connectivity index (χ2v) is 7.47. The van der Waals surface area contributed by atoms with E-state index in [2.05, 4.69) is 10.3 Å². The number of primary amides is 1. The fourth-order valence-electron chi connectivity index (χ4n) is 3.62. The summed E-state index contributed by atoms with van der Waals surface area (Å²) in [6.45, 7) is 3.59. The Morgan fingerprint density at radius 2 is 2.19 bits per heavy atom. The van der Waals surface area contributed by atoms with Crippen LogP contribution in [0.15, 0.2) is 30.3 Å². The van der Waals surface area contributed by atoms with Crippen molar-refractivity contribution in [3.05, 3.63) is 30.3 Å². The predicted molar refractivity (Wildman–Crippen MR) is 107 cm³/mol. The van der Waals surface area contributed by atoms with Crippen LogP contribution in [0.4, 0.5) is 20.3 Å². The highest BCUT2D eigenvalue weighted by Crippen LogP contribution is 2.38. The molecule has 1 saturated heterocycles. The number of hydrogen-bond donors (Lipinski definition) is 2. The molecule has 0 saturated carbocycles. The molecule has 1 aromatic heterocycles. The molecule has 2 aliphatic rings. The van der Waals surface area contributed by atoms with Gasteiger partial charge in [-0.3, -0.25) is 9.69 Å². The van der Waals surface area contributed by atoms with E-state index < -0.39 is 24.4 Å². The van der Waals surface area contributed by atoms with Crippen LogP contribution in [0.25, 0.3) is 11.4 Å². The highest BCUT2D eigenvalue weighted by Gasteiger charge is 2.40. The minimum absolute atomic E-state index is 0.167. The van der Waals surface area contributed by atoms with E-state index in [4.69, 9.17) is 15.2 Å². The van der Waals surface area contributed by atoms with E-state index >= 15 is 0 Å². The van der Waals surface area contributed by atoms with Gasteiger partial charge in [-0.1, -0.05) is 0 Å². The van der Waals surface area contributed by atoms with Crippen molar-refractivity contribution in [1.82, 2.24) is 9.55 Å². The molecule has 0 spiro atoms. The zero-order valence-corrected chi connectivity index (χ0v) is 16.8. The van der Waals surface area contributed by atoms with Gasteiger partial charge in [0.05, 0.1) is 12.1 Å². The summed E-state index contributed by atoms with van der Waals surface area (Å²) in [5.41, 5.74) is 6.58. The number of carbonyl (C=O) groups is 1. The predicted octanol–water partition coefficient (Wildman–Crippen LogP) is 1.76. The Morgan fingerprint density at radius 3 is 2.87 bits per heavy atom. The van der Waals surface area contributed by atoms with Gasteiger partial charge in [0.15, 0.2) is 11.8 Å². The summed E-state index contributed by atoms with van der Waals surface area (Å²) in [6.07, 6.45) is -1.40. The second-order valence-electron chi connectivity index (χ2n) is 7.47. The largest absolute Gasteiger partial charge is 0.488 e. The van der Waals surface area contributed by atoms with Gasteiger partial charge in [0.1, 0.15) is 36.4 Å². The maximum absolute atomic E-state index is 13.5. The molecule has 9 nitrogen and oxygen atoms in total. The van der Waals surface area contributed by atoms with Gasteiger partial charge in [-0.2, -0.15) is 0 Å². The Hall–Kier alpha value is -3.59. The maximum atomic E-state index is 13.5. The SMILES string of the molecule is C[C@H](Nc1ccc2c(c1)O[C@@H](C)Cn1cc(N3C(=C=O)OC[C@H]3C(F)F)nc1-2)C(N)=O. The third kappa shape index (κ3) is 3.79. The van der Waals surface area contributed by atoms with E-state index in [1.54, 1.807) is 41.8 Å². The lowest BCUT2D eigenvalue weighted by Gasteiger charge is -2.20. The van der Waals surface area contributed by atoms with Gasteiger partial charge in [0.2, 0.25) is 5.91 Å². The van der Waals surface area contributed by atoms with E-state index in [1.165, 1.54) is 0 Å². The third-order valence-electron chi connectivity index (χ3n) is 5.14. The number of halogens is 2. The van der Waals surface area contributed by atoms with E-state index in [1.807, 2.05) is 6.92 Å². The quantitative estimate of drug-likeness (QED) is 0.691. The monoisotopic (exact) mass is 433 g/mol. The van der Waals surface area contributed by atoms with Gasteiger partial charge in [-0.25, -0.2) is 18.6 Å². The van der Waals surface area contributed by atoms with Crippen LogP contribution in [0.5, 0.6) is 5.75 Å². The fraction of sp³-hybridized carbons (Fsp3) is 0.400. The van der Waals surface area contributed by atoms with Crippen molar-refractivity contribution >= 4 is 23.4 Å². The van der Waals surface area contributed by atoms with Crippen molar-refractivity contribution in [3.63, 3.8) is 0 Å². The number of fused-ring (bicyclic) bond motifs is 3. The summed E-state index contributed by atoms with van der Waals surface area (Å²) in [5.74, 6) is 1.93. The Kier molecular flexibility index (Phi) is 5.28. The lowest BCUT2D eigenvalue weighted by Crippen LogP contribution is -2.36. The number of aromatic nitrogens is 2. The topological polar surface area (TPSA) is 112 Å². The first-order valence-electron chi connectivity index (χ1n) is 9.68. The van der Waals surface area contributed by atoms with Gasteiger partial charge in [0, 0.05) is 18.0 Å². The van der Waals surface area contributed by atoms with E-state index in [0.29, 0.717) is 29.4 Å². The summed E-state index contributed by atoms with van der Waals surface area (Å²) in [4.78, 5) is 28.1. The number of carbonyl (C=O) groups excluding carboxylic acids is 2. The highest BCUT2D eigenvalue weighted by molar-refractivity contribution is 5.83. The molecule has 1 fully saturated rings. The smallest absolute Gasteiger partial charge is 0.284 e. The van der Waals surface area contributed by atoms with Crippen LogP contribution in [0.1, 0.15) is 13.8 Å². The number of imidazole rings is 1. The number of benzene rings is 1. The lowest BCUT2D eigenvalue weighted by atomic mass is 10.1. The van der Waals surface area contributed by atoms with Crippen LogP contribution in [-0.4, -0.2) is 52.6 Å². The van der Waals surface area contributed by atoms with Crippen LogP contribution >= 0.6 is 0 Å². The first-order chi connectivity index (χ1) is 14.8. The maximum Gasteiger partial charge on any atom is 0.284 e. The van der Waals surface area contributed by atoms with Crippen LogP contribution in [0, 0.1) is 0 Å². The summed E-state index contributed by atoms with van der Waals surface area (Å²) in [6, 6.07) is 3.32. The molecule has 3 atom stereocenters. The summed E-state index contributed by atoms with van der Waals surface area (Å²) in [7, 11) is 0. The zero-order chi connectivity index (χ0) is 22.3. The first kappa shape index (κ1) is 20.7. The molecule has 2 aromatic rings. The van der Waals surface area contributed by atoms with Crippen LogP contribution < -0.4 is 20.7 Å². The number of amides is 1. The summed E-state index contributed by atoms with van der Waals surface area (Å²) in [5, 5.41) is 3.00. The molecular weight excluding hydrogens is 412 g/mol. The molecular formula is C20H21F2N5O4. The molecule has 0 unspecified atom stereocenters. The van der Waals surface area contributed by atoms with Crippen molar-refractivity contribution in [3.8, 4) is 17.1 Å². The minimum atomic E-state index is -2.73. The molecule has 4 rings (SSSR count). The van der Waals surface area contributed by atoms with Crippen LogP contribution in [0.2, 0.25) is 0 Å². The molecule has 0 bridgehead atoms. The number of nitrogens with one attached hydrogen (secondary N) is 1. The highest BCUT2D eigenvalue weighted by atomic mass is 19.3. The molecule has 1 aromatic carbocycles. The first-order valence-corrected chi connectivity index (χ1v) is 9.68. The van der Waals surface area contributed by atoms with Gasteiger partial charge in [-0.15, -0.1) is 0 Å². The number of rotatable bonds is 5. The van der Waals surface area contributed by atoms with Gasteiger partial charge < -0.3 is 25.1 Å². The standard InChI is InChI=1S/C20H21F2N5O4/c1-10-6-26-7-16(27-14(18(21)22)9-30-17(27)8-28)25-20(26)13-4-3-12(5-15(13)31-10)24-11(2)19(23)29/h3-5,7,10-11,14,18,24H,6,9H2,1-2H3,(H2,23,29)/t10-,11-,14-/m0/s1. The molecule has 3 heterocycles. The van der Waals surface area contributed by atoms with Crippen molar-refractivity contribution in [2.45, 2.75) is 45.0 Å². The summed E-state index contributed by atoms with van der Waals surface area (Å²) >= 11 is 0. The number of anilines is 2. The fourth-order valence-corrected chi connectivity index (χ4v) is 3.62. The van der Waals surface area contributed by atoms with Crippen molar-refractivity contribution in [1.29, 1.82) is 0 Å². The number of nitrogens with two attached hydrogens (primary N) is 1. The zero-order valence-electron chi connectivity index (χ0n) is 16.8. The Bertz CT molecular complexity index is 1070. The molecule has 3 N–H and O–H groups in total. The number of hydrogen-bond acceptors (Lipinski definition) is 7. The van der Waals surface area contributed by atoms with Crippen LogP contribution in [-0.2, 0) is 20.9 Å². The molecule has 11 heteroatoms. The Balaban J connectivity index is 1.74. The van der Waals surface area contributed by atoms with E-state index in [-0.39, 0.29) is 24.4 Å². The Labute approximate surface area is 176 Å². The Morgan fingerprint density at radius 1 is 1.42 bits per heavy atom. The summed E-state index contributed by atoms with van der Waals surface area (Å²) < 4.78 is 39.8. The van der Waals surface area contributed by atoms with Crippen LogP contribution in [0.3, 0.4) is 0 Å².